The third-order valence-corrected chi connectivity index (χ3v) is 14.8. The maximum atomic E-state index is 7.09. The number of fused-ring (bicyclic) bond motifs is 5. The van der Waals surface area contributed by atoms with Crippen LogP contribution in [-0.4, -0.2) is 82.3 Å². The van der Waals surface area contributed by atoms with Crippen molar-refractivity contribution in [3.63, 3.8) is 0 Å². The van der Waals surface area contributed by atoms with E-state index < -0.39 is 0 Å². The van der Waals surface area contributed by atoms with Crippen molar-refractivity contribution in [2.45, 2.75) is 169 Å². The van der Waals surface area contributed by atoms with Gasteiger partial charge in [0.25, 0.3) is 0 Å². The molecule has 0 spiro atoms. The minimum Gasteiger partial charge on any atom is -0.378 e. The van der Waals surface area contributed by atoms with E-state index in [0.717, 1.165) is 45.5 Å². The molecule has 1 unspecified atom stereocenters. The highest BCUT2D eigenvalue weighted by Crippen LogP contribution is 2.69. The Morgan fingerprint density at radius 3 is 1.94 bits per heavy atom. The summed E-state index contributed by atoms with van der Waals surface area (Å²) in [7, 11) is 0. The van der Waals surface area contributed by atoms with Crippen LogP contribution in [0.15, 0.2) is 0 Å². The summed E-state index contributed by atoms with van der Waals surface area (Å²) >= 11 is 0. The lowest BCUT2D eigenvalue weighted by atomic mass is 9.43. The van der Waals surface area contributed by atoms with Crippen LogP contribution >= 0.6 is 0 Å². The topological polar surface area (TPSA) is 109 Å². The fourth-order valence-electron chi connectivity index (χ4n) is 11.9. The van der Waals surface area contributed by atoms with Crippen LogP contribution in [0.3, 0.4) is 0 Å². The standard InChI is InChI=1S/C43H84N4O3/c1-6-8-10-24-47(25-11-9-7-2)26-12-16-33(3)36-17-18-37-41-38(32-40(43(36,37)5)50-29-15-23-46)42(4)20-19-35(48-27-13-21-44)30-34(42)31-39(41)49-28-14-22-45/h33-41H,6-32,44-46H2,1-5H3/t33-,34+,35-,36-,37+,38?,39-,40+,41+,42+,43-/m1/s1. The molecule has 0 bridgehead atoms. The summed E-state index contributed by atoms with van der Waals surface area (Å²) in [6, 6.07) is 0. The monoisotopic (exact) mass is 705 g/mol. The molecular weight excluding hydrogens is 620 g/mol. The Balaban J connectivity index is 1.53. The lowest BCUT2D eigenvalue weighted by Crippen LogP contribution is -2.63. The van der Waals surface area contributed by atoms with Crippen molar-refractivity contribution >= 4 is 0 Å². The molecule has 0 aromatic carbocycles. The Morgan fingerprint density at radius 2 is 1.30 bits per heavy atom. The highest BCUT2D eigenvalue weighted by atomic mass is 16.5. The van der Waals surface area contributed by atoms with Crippen LogP contribution < -0.4 is 17.2 Å². The van der Waals surface area contributed by atoms with Gasteiger partial charge in [-0.25, -0.2) is 0 Å². The third-order valence-electron chi connectivity index (χ3n) is 14.8. The molecule has 4 fully saturated rings. The quantitative estimate of drug-likeness (QED) is 0.0823. The summed E-state index contributed by atoms with van der Waals surface area (Å²) in [5.74, 6) is 3.92. The maximum Gasteiger partial charge on any atom is 0.0637 e. The molecule has 4 aliphatic rings. The summed E-state index contributed by atoms with van der Waals surface area (Å²) in [6.07, 6.45) is 23.1. The van der Waals surface area contributed by atoms with E-state index in [4.69, 9.17) is 31.4 Å². The van der Waals surface area contributed by atoms with Crippen molar-refractivity contribution in [3.8, 4) is 0 Å². The molecule has 0 heterocycles. The highest BCUT2D eigenvalue weighted by molar-refractivity contribution is 5.15. The molecule has 6 N–H and O–H groups in total. The Bertz CT molecular complexity index is 915. The zero-order valence-electron chi connectivity index (χ0n) is 33.7. The minimum absolute atomic E-state index is 0.179. The average molecular weight is 705 g/mol. The van der Waals surface area contributed by atoms with Gasteiger partial charge in [0, 0.05) is 25.2 Å². The van der Waals surface area contributed by atoms with Gasteiger partial charge in [-0.05, 0) is 170 Å². The Hall–Kier alpha value is -0.280. The molecule has 294 valence electrons. The number of hydrogen-bond donors (Lipinski definition) is 3. The van der Waals surface area contributed by atoms with E-state index in [2.05, 4.69) is 39.5 Å². The number of nitrogens with two attached hydrogens (primary N) is 3. The van der Waals surface area contributed by atoms with Crippen LogP contribution in [0.25, 0.3) is 0 Å². The molecule has 4 aliphatic carbocycles. The first-order chi connectivity index (χ1) is 24.3. The van der Waals surface area contributed by atoms with Gasteiger partial charge in [-0.2, -0.15) is 0 Å². The van der Waals surface area contributed by atoms with Gasteiger partial charge in [-0.3, -0.25) is 0 Å². The molecule has 0 aromatic heterocycles. The number of hydrogen-bond acceptors (Lipinski definition) is 7. The summed E-state index contributed by atoms with van der Waals surface area (Å²) in [5.41, 5.74) is 18.3. The van der Waals surface area contributed by atoms with Gasteiger partial charge in [0.1, 0.15) is 0 Å². The first-order valence-corrected chi connectivity index (χ1v) is 22.0. The lowest BCUT2D eigenvalue weighted by molar-refractivity contribution is -0.227. The molecular formula is C43H84N4O3. The van der Waals surface area contributed by atoms with Gasteiger partial charge in [-0.15, -0.1) is 0 Å². The molecule has 7 nitrogen and oxygen atoms in total. The van der Waals surface area contributed by atoms with E-state index in [1.165, 1.54) is 110 Å². The second-order valence-corrected chi connectivity index (χ2v) is 17.9. The zero-order valence-corrected chi connectivity index (χ0v) is 33.7. The molecule has 7 heteroatoms. The van der Waals surface area contributed by atoms with Gasteiger partial charge in [0.05, 0.1) is 18.3 Å². The summed E-state index contributed by atoms with van der Waals surface area (Å²) in [4.78, 5) is 2.79. The minimum atomic E-state index is 0.179. The van der Waals surface area contributed by atoms with Crippen LogP contribution in [0.4, 0.5) is 0 Å². The predicted octanol–water partition coefficient (Wildman–Crippen LogP) is 8.17. The van der Waals surface area contributed by atoms with Crippen molar-refractivity contribution in [2.75, 3.05) is 59.1 Å². The van der Waals surface area contributed by atoms with Crippen LogP contribution in [0.2, 0.25) is 0 Å². The van der Waals surface area contributed by atoms with E-state index >= 15 is 0 Å². The van der Waals surface area contributed by atoms with Crippen molar-refractivity contribution in [1.82, 2.24) is 4.90 Å². The average Bonchev–Trinajstić information content (AvgIpc) is 3.47. The van der Waals surface area contributed by atoms with Gasteiger partial charge in [0.15, 0.2) is 0 Å². The summed E-state index contributed by atoms with van der Waals surface area (Å²) in [6.45, 7) is 20.9. The molecule has 4 saturated carbocycles. The molecule has 0 aliphatic heterocycles. The maximum absolute atomic E-state index is 7.09. The molecule has 0 aromatic rings. The normalized spacial score (nSPS) is 35.9. The van der Waals surface area contributed by atoms with Crippen LogP contribution in [0.5, 0.6) is 0 Å². The van der Waals surface area contributed by atoms with E-state index in [-0.39, 0.29) is 5.41 Å². The number of rotatable bonds is 25. The first kappa shape index (κ1) is 42.5. The summed E-state index contributed by atoms with van der Waals surface area (Å²) < 4.78 is 20.5. The third kappa shape index (κ3) is 10.5. The van der Waals surface area contributed by atoms with Crippen LogP contribution in [0, 0.1) is 46.3 Å². The second kappa shape index (κ2) is 21.6. The Morgan fingerprint density at radius 1 is 0.680 bits per heavy atom. The van der Waals surface area contributed by atoms with Gasteiger partial charge in [0.2, 0.25) is 0 Å². The van der Waals surface area contributed by atoms with Crippen molar-refractivity contribution in [1.29, 1.82) is 0 Å². The van der Waals surface area contributed by atoms with Crippen LogP contribution in [0.1, 0.15) is 150 Å². The molecule has 0 amide bonds. The number of ether oxygens (including phenoxy) is 3. The van der Waals surface area contributed by atoms with E-state index in [9.17, 15) is 0 Å². The fourth-order valence-corrected chi connectivity index (χ4v) is 11.9. The molecule has 4 rings (SSSR count). The van der Waals surface area contributed by atoms with Crippen LogP contribution in [-0.2, 0) is 14.2 Å². The van der Waals surface area contributed by atoms with Gasteiger partial charge in [-0.1, -0.05) is 60.3 Å². The largest absolute Gasteiger partial charge is 0.378 e. The molecule has 11 atom stereocenters. The number of nitrogens with zero attached hydrogens (tertiary/aromatic N) is 1. The van der Waals surface area contributed by atoms with Gasteiger partial charge >= 0.3 is 0 Å². The SMILES string of the molecule is CCCCCN(CCCCC)CCC[C@@H](C)[C@H]1CC[C@H]2[C@H]3C(C[C@H](OCCCN)[C@]12C)[C@@]1(C)CC[C@@H](OCCCN)C[C@H]1C[C@H]3OCCCN. The fraction of sp³-hybridized carbons (Fsp3) is 1.00. The van der Waals surface area contributed by atoms with E-state index in [0.29, 0.717) is 78.9 Å². The van der Waals surface area contributed by atoms with Crippen molar-refractivity contribution < 1.29 is 14.2 Å². The first-order valence-electron chi connectivity index (χ1n) is 22.0. The van der Waals surface area contributed by atoms with Crippen molar-refractivity contribution in [2.24, 2.45) is 63.5 Å². The number of unbranched alkanes of at least 4 members (excludes halogenated alkanes) is 4. The predicted molar refractivity (Wildman–Crippen MR) is 210 cm³/mol. The highest BCUT2D eigenvalue weighted by Gasteiger charge is 2.66. The van der Waals surface area contributed by atoms with E-state index in [1.54, 1.807) is 0 Å². The lowest BCUT2D eigenvalue weighted by Gasteiger charge is -2.65. The molecule has 0 radical (unpaired) electrons. The molecule has 50 heavy (non-hydrogen) atoms. The van der Waals surface area contributed by atoms with Gasteiger partial charge < -0.3 is 36.3 Å². The van der Waals surface area contributed by atoms with Crippen molar-refractivity contribution in [3.05, 3.63) is 0 Å². The molecule has 0 saturated heterocycles. The van der Waals surface area contributed by atoms with E-state index in [1.807, 2.05) is 0 Å². The smallest absolute Gasteiger partial charge is 0.0637 e. The second-order valence-electron chi connectivity index (χ2n) is 17.9. The zero-order chi connectivity index (χ0) is 36.0. The Labute approximate surface area is 309 Å². The summed E-state index contributed by atoms with van der Waals surface area (Å²) in [5, 5.41) is 0. The Kier molecular flexibility index (Phi) is 18.3.